The first-order valence-corrected chi connectivity index (χ1v) is 18.3. The van der Waals surface area contributed by atoms with Crippen LogP contribution in [0.4, 0.5) is 9.59 Å². The van der Waals surface area contributed by atoms with E-state index in [1.54, 1.807) is 18.0 Å². The Morgan fingerprint density at radius 2 is 1.21 bits per heavy atom. The molecule has 5 atom stereocenters. The maximum atomic E-state index is 13.7. The monoisotopic (exact) mass is 722 g/mol. The topological polar surface area (TPSA) is 175 Å². The molecule has 2 aromatic carbocycles. The number of imidazole rings is 2. The third-order valence-corrected chi connectivity index (χ3v) is 10.8. The molecule has 0 spiro atoms. The highest BCUT2D eigenvalue weighted by atomic mass is 16.5. The van der Waals surface area contributed by atoms with E-state index in [9.17, 15) is 19.2 Å². The molecule has 2 aromatic heterocycles. The number of nitrogens with one attached hydrogen (secondary N) is 4. The van der Waals surface area contributed by atoms with Gasteiger partial charge in [0.25, 0.3) is 0 Å². The van der Waals surface area contributed by atoms with Gasteiger partial charge >= 0.3 is 12.2 Å². The maximum Gasteiger partial charge on any atom is 0.407 e. The van der Waals surface area contributed by atoms with Crippen molar-refractivity contribution in [2.75, 3.05) is 27.3 Å². The predicted octanol–water partition coefficient (Wildman–Crippen LogP) is 5.73. The predicted molar refractivity (Wildman–Crippen MR) is 196 cm³/mol. The van der Waals surface area contributed by atoms with Crippen molar-refractivity contribution in [2.24, 2.45) is 5.92 Å². The van der Waals surface area contributed by atoms with Gasteiger partial charge in [-0.3, -0.25) is 9.59 Å². The van der Waals surface area contributed by atoms with E-state index in [4.69, 9.17) is 9.72 Å². The van der Waals surface area contributed by atoms with Crippen molar-refractivity contribution in [3.05, 3.63) is 72.6 Å². The summed E-state index contributed by atoms with van der Waals surface area (Å²) in [6.45, 7) is 2.93. The molecule has 3 aliphatic rings. The minimum Gasteiger partial charge on any atom is -0.453 e. The number of benzene rings is 2. The number of aromatic amines is 2. The Morgan fingerprint density at radius 1 is 0.698 bits per heavy atom. The number of alkyl carbamates (subject to hydrolysis) is 2. The second-order valence-corrected chi connectivity index (χ2v) is 14.0. The highest BCUT2D eigenvalue weighted by Crippen LogP contribution is 2.37. The zero-order valence-electron chi connectivity index (χ0n) is 30.3. The first-order valence-electron chi connectivity index (χ1n) is 18.3. The number of ether oxygens (including phenoxy) is 2. The number of carbonyl (C=O) groups is 4. The number of rotatable bonds is 9. The fraction of sp³-hybridized carbons (Fsp3) is 0.436. The molecule has 53 heavy (non-hydrogen) atoms. The lowest BCUT2D eigenvalue weighted by atomic mass is 10.0. The molecule has 7 rings (SSSR count). The molecule has 2 saturated heterocycles. The number of likely N-dealkylation sites (tertiary alicyclic amines) is 2. The summed E-state index contributed by atoms with van der Waals surface area (Å²) in [6.07, 6.45) is 8.28. The molecule has 4 aromatic rings. The van der Waals surface area contributed by atoms with Crippen LogP contribution in [0.1, 0.15) is 75.6 Å². The number of amides is 4. The lowest BCUT2D eigenvalue weighted by Crippen LogP contribution is -2.46. The number of carbonyl (C=O) groups excluding carboxylic acids is 4. The van der Waals surface area contributed by atoms with Gasteiger partial charge < -0.3 is 39.9 Å². The fourth-order valence-corrected chi connectivity index (χ4v) is 8.02. The van der Waals surface area contributed by atoms with Crippen LogP contribution in [-0.2, 0) is 19.1 Å². The van der Waals surface area contributed by atoms with E-state index in [0.717, 1.165) is 90.2 Å². The normalized spacial score (nSPS) is 21.7. The van der Waals surface area contributed by atoms with Gasteiger partial charge in [0.05, 0.1) is 56.0 Å². The largest absolute Gasteiger partial charge is 0.453 e. The average molecular weight is 723 g/mol. The number of aromatic nitrogens is 4. The third kappa shape index (κ3) is 7.48. The van der Waals surface area contributed by atoms with Crippen molar-refractivity contribution in [3.8, 4) is 33.6 Å². The van der Waals surface area contributed by atoms with Gasteiger partial charge in [-0.2, -0.15) is 0 Å². The molecule has 14 heteroatoms. The molecule has 1 aliphatic carbocycles. The molecular formula is C39H46N8O6. The minimum atomic E-state index is -0.703. The summed E-state index contributed by atoms with van der Waals surface area (Å²) in [7, 11) is 2.61. The van der Waals surface area contributed by atoms with Crippen LogP contribution in [0.5, 0.6) is 0 Å². The zero-order valence-corrected chi connectivity index (χ0v) is 30.3. The van der Waals surface area contributed by atoms with E-state index in [1.165, 1.54) is 14.2 Å². The molecule has 4 heterocycles. The highest BCUT2D eigenvalue weighted by Gasteiger charge is 2.41. The third-order valence-electron chi connectivity index (χ3n) is 10.8. The molecule has 4 amide bonds. The van der Waals surface area contributed by atoms with Crippen molar-refractivity contribution in [2.45, 2.75) is 76.0 Å². The number of nitrogens with zero attached hydrogens (tertiary/aromatic N) is 4. The summed E-state index contributed by atoms with van der Waals surface area (Å²) in [5.74, 6) is 1.15. The molecule has 3 fully saturated rings. The van der Waals surface area contributed by atoms with Gasteiger partial charge in [0, 0.05) is 19.1 Å². The van der Waals surface area contributed by atoms with E-state index < -0.39 is 18.2 Å². The second-order valence-electron chi connectivity index (χ2n) is 14.0. The van der Waals surface area contributed by atoms with Crippen molar-refractivity contribution < 1.29 is 28.7 Å². The Labute approximate surface area is 308 Å². The average Bonchev–Trinajstić information content (AvgIpc) is 4.04. The van der Waals surface area contributed by atoms with Crippen LogP contribution >= 0.6 is 0 Å². The van der Waals surface area contributed by atoms with E-state index in [0.29, 0.717) is 13.1 Å². The van der Waals surface area contributed by atoms with Gasteiger partial charge in [0.2, 0.25) is 11.8 Å². The Bertz CT molecular complexity index is 1940. The summed E-state index contributed by atoms with van der Waals surface area (Å²) in [6, 6.07) is 15.3. The van der Waals surface area contributed by atoms with Crippen LogP contribution in [-0.4, -0.2) is 93.1 Å². The van der Waals surface area contributed by atoms with Crippen LogP contribution in [0.25, 0.3) is 33.6 Å². The lowest BCUT2D eigenvalue weighted by Gasteiger charge is -2.29. The molecule has 0 bridgehead atoms. The van der Waals surface area contributed by atoms with Gasteiger partial charge in [-0.1, -0.05) is 55.0 Å². The van der Waals surface area contributed by atoms with Gasteiger partial charge in [-0.05, 0) is 67.7 Å². The number of hydrogen-bond donors (Lipinski definition) is 4. The van der Waals surface area contributed by atoms with E-state index >= 15 is 0 Å². The summed E-state index contributed by atoms with van der Waals surface area (Å²) in [5, 5.41) is 5.41. The van der Waals surface area contributed by atoms with Gasteiger partial charge in [-0.25, -0.2) is 19.6 Å². The Kier molecular flexibility index (Phi) is 10.5. The van der Waals surface area contributed by atoms with Crippen LogP contribution in [0, 0.1) is 5.92 Å². The van der Waals surface area contributed by atoms with Crippen LogP contribution < -0.4 is 10.6 Å². The molecule has 2 aliphatic heterocycles. The molecule has 278 valence electrons. The quantitative estimate of drug-likeness (QED) is 0.169. The highest BCUT2D eigenvalue weighted by molar-refractivity contribution is 5.86. The molecule has 0 radical (unpaired) electrons. The molecule has 0 unspecified atom stereocenters. The first kappa shape index (κ1) is 35.7. The molecule has 4 N–H and O–H groups in total. The zero-order chi connectivity index (χ0) is 37.1. The number of methoxy groups -OCH3 is 2. The molecular weight excluding hydrogens is 676 g/mol. The Hall–Kier alpha value is -5.66. The van der Waals surface area contributed by atoms with Crippen molar-refractivity contribution >= 4 is 24.0 Å². The fourth-order valence-electron chi connectivity index (χ4n) is 8.02. The van der Waals surface area contributed by atoms with Crippen molar-refractivity contribution in [1.82, 2.24) is 40.4 Å². The second kappa shape index (κ2) is 15.5. The number of H-pyrrole nitrogens is 2. The van der Waals surface area contributed by atoms with Crippen molar-refractivity contribution in [3.63, 3.8) is 0 Å². The van der Waals surface area contributed by atoms with E-state index in [1.807, 2.05) is 11.1 Å². The van der Waals surface area contributed by atoms with E-state index in [2.05, 4.69) is 78.9 Å². The summed E-state index contributed by atoms with van der Waals surface area (Å²) in [4.78, 5) is 70.2. The maximum absolute atomic E-state index is 13.7. The SMILES string of the molecule is COC(=O)N[C@@H](C)C(=O)N1CCC[C@H]1c1ncc(-c2ccc(-c3ccc(-c4cnc([C@@H]5CCCN5C(=O)[C@H]5CCC[C@@H]5NC(=O)OC)[nH]4)cc3)cc2)[nH]1. The number of hydrogen-bond acceptors (Lipinski definition) is 8. The van der Waals surface area contributed by atoms with E-state index in [-0.39, 0.29) is 35.9 Å². The smallest absolute Gasteiger partial charge is 0.407 e. The van der Waals surface area contributed by atoms with Gasteiger partial charge in [0.1, 0.15) is 17.7 Å². The van der Waals surface area contributed by atoms with Crippen LogP contribution in [0.15, 0.2) is 60.9 Å². The summed E-state index contributed by atoms with van der Waals surface area (Å²) >= 11 is 0. The Balaban J connectivity index is 0.984. The first-order chi connectivity index (χ1) is 25.7. The molecule has 1 saturated carbocycles. The Morgan fingerprint density at radius 3 is 1.75 bits per heavy atom. The van der Waals surface area contributed by atoms with Crippen molar-refractivity contribution in [1.29, 1.82) is 0 Å². The minimum absolute atomic E-state index is 0.0705. The van der Waals surface area contributed by atoms with Gasteiger partial charge in [-0.15, -0.1) is 0 Å². The lowest BCUT2D eigenvalue weighted by molar-refractivity contribution is -0.137. The van der Waals surface area contributed by atoms with Gasteiger partial charge in [0.15, 0.2) is 0 Å². The summed E-state index contributed by atoms with van der Waals surface area (Å²) < 4.78 is 9.42. The summed E-state index contributed by atoms with van der Waals surface area (Å²) in [5.41, 5.74) is 5.86. The molecule has 14 nitrogen and oxygen atoms in total. The van der Waals surface area contributed by atoms with Crippen LogP contribution in [0.3, 0.4) is 0 Å². The standard InChI is InChI=1S/C39H46N8O6/c1-23(42-38(50)52-2)36(48)46-19-5-9-32(46)34-40-21-30(43-34)26-15-11-24(12-16-26)25-13-17-27(18-14-25)31-22-41-35(44-31)33-10-6-20-47(33)37(49)28-7-4-8-29(28)45-39(51)53-3/h11-18,21-23,28-29,32-33H,4-10,19-20H2,1-3H3,(H,40,43)(H,41,44)(H,42,50)(H,45,51)/t23-,28-,29-,32-,33-/m0/s1. The van der Waals surface area contributed by atoms with Crippen LogP contribution in [0.2, 0.25) is 0 Å².